The fourth-order valence-corrected chi connectivity index (χ4v) is 3.15. The number of methoxy groups -OCH3 is 1. The Balaban J connectivity index is 2.12. The van der Waals surface area contributed by atoms with E-state index in [1.54, 1.807) is 24.4 Å². The molecule has 0 radical (unpaired) electrons. The summed E-state index contributed by atoms with van der Waals surface area (Å²) in [6, 6.07) is 4.00. The normalized spacial score (nSPS) is 13.1. The largest absolute Gasteiger partial charge is 0.433 e. The molecular formula is C16H15F3N4O2S. The maximum absolute atomic E-state index is 13.5. The van der Waals surface area contributed by atoms with Crippen molar-refractivity contribution < 1.29 is 22.7 Å². The van der Waals surface area contributed by atoms with Gasteiger partial charge in [0.05, 0.1) is 23.4 Å². The number of rotatable bonds is 5. The topological polar surface area (TPSA) is 68.5 Å². The molecule has 0 aliphatic rings. The molecule has 0 saturated heterocycles. The molecule has 138 valence electrons. The molecule has 3 rings (SSSR count). The highest BCUT2D eigenvalue weighted by molar-refractivity contribution is 7.13. The number of thiophene rings is 1. The number of halogens is 3. The Bertz CT molecular complexity index is 922. The van der Waals surface area contributed by atoms with Gasteiger partial charge in [-0.2, -0.15) is 18.3 Å². The number of hydrogen-bond acceptors (Lipinski definition) is 5. The van der Waals surface area contributed by atoms with Gasteiger partial charge in [0.25, 0.3) is 5.91 Å². The lowest BCUT2D eigenvalue weighted by Crippen LogP contribution is -2.35. The van der Waals surface area contributed by atoms with Crippen molar-refractivity contribution in [3.05, 3.63) is 41.0 Å². The predicted molar refractivity (Wildman–Crippen MR) is 90.1 cm³/mol. The van der Waals surface area contributed by atoms with E-state index in [4.69, 9.17) is 4.74 Å². The Hall–Kier alpha value is -2.46. The van der Waals surface area contributed by atoms with Crippen molar-refractivity contribution in [3.63, 3.8) is 0 Å². The van der Waals surface area contributed by atoms with E-state index in [1.807, 2.05) is 0 Å². The van der Waals surface area contributed by atoms with Gasteiger partial charge >= 0.3 is 6.18 Å². The molecule has 0 bridgehead atoms. The van der Waals surface area contributed by atoms with Crippen molar-refractivity contribution in [2.75, 3.05) is 13.7 Å². The number of aromatic nitrogens is 3. The molecule has 6 nitrogen and oxygen atoms in total. The molecule has 0 aliphatic heterocycles. The summed E-state index contributed by atoms with van der Waals surface area (Å²) in [7, 11) is 1.49. The summed E-state index contributed by atoms with van der Waals surface area (Å²) in [6.07, 6.45) is -3.55. The van der Waals surface area contributed by atoms with E-state index in [1.165, 1.54) is 18.4 Å². The van der Waals surface area contributed by atoms with Crippen LogP contribution in [-0.4, -0.2) is 40.3 Å². The number of nitrogens with one attached hydrogen (secondary N) is 1. The molecule has 0 aromatic carbocycles. The summed E-state index contributed by atoms with van der Waals surface area (Å²) in [6.45, 7) is 1.99. The summed E-state index contributed by atoms with van der Waals surface area (Å²) >= 11 is 1.26. The Morgan fingerprint density at radius 3 is 2.85 bits per heavy atom. The van der Waals surface area contributed by atoms with Crippen LogP contribution >= 0.6 is 11.3 Å². The fourth-order valence-electron chi connectivity index (χ4n) is 2.47. The Kier molecular flexibility index (Phi) is 4.97. The number of carbonyl (C=O) groups excluding carboxylic acids is 1. The zero-order chi connectivity index (χ0) is 18.9. The molecule has 3 heterocycles. The third-order valence-electron chi connectivity index (χ3n) is 3.57. The average Bonchev–Trinajstić information content (AvgIpc) is 3.22. The van der Waals surface area contributed by atoms with Crippen molar-refractivity contribution in [2.24, 2.45) is 0 Å². The second-order valence-corrected chi connectivity index (χ2v) is 6.57. The molecule has 0 aliphatic carbocycles. The van der Waals surface area contributed by atoms with Gasteiger partial charge in [-0.25, -0.2) is 9.50 Å². The summed E-state index contributed by atoms with van der Waals surface area (Å²) in [4.78, 5) is 17.2. The van der Waals surface area contributed by atoms with Crippen LogP contribution in [0.25, 0.3) is 16.2 Å². The quantitative estimate of drug-likeness (QED) is 0.733. The lowest BCUT2D eigenvalue weighted by atomic mass is 10.2. The zero-order valence-corrected chi connectivity index (χ0v) is 14.7. The van der Waals surface area contributed by atoms with Crippen molar-refractivity contribution in [3.8, 4) is 10.6 Å². The third-order valence-corrected chi connectivity index (χ3v) is 4.47. The van der Waals surface area contributed by atoms with Crippen LogP contribution in [0.2, 0.25) is 0 Å². The summed E-state index contributed by atoms with van der Waals surface area (Å²) in [5.74, 6) is -0.562. The van der Waals surface area contributed by atoms with Gasteiger partial charge in [0, 0.05) is 13.2 Å². The van der Waals surface area contributed by atoms with E-state index in [2.05, 4.69) is 15.4 Å². The number of alkyl halides is 3. The van der Waals surface area contributed by atoms with Crippen LogP contribution in [0.5, 0.6) is 0 Å². The molecule has 0 spiro atoms. The van der Waals surface area contributed by atoms with Crippen LogP contribution in [0.1, 0.15) is 23.0 Å². The highest BCUT2D eigenvalue weighted by Gasteiger charge is 2.36. The van der Waals surface area contributed by atoms with Gasteiger partial charge < -0.3 is 10.1 Å². The lowest BCUT2D eigenvalue weighted by Gasteiger charge is -2.13. The molecule has 10 heteroatoms. The van der Waals surface area contributed by atoms with E-state index in [-0.39, 0.29) is 29.6 Å². The molecule has 0 fully saturated rings. The number of carbonyl (C=O) groups is 1. The molecule has 1 atom stereocenters. The highest BCUT2D eigenvalue weighted by Crippen LogP contribution is 2.33. The monoisotopic (exact) mass is 384 g/mol. The van der Waals surface area contributed by atoms with E-state index in [9.17, 15) is 18.0 Å². The number of amides is 1. The second kappa shape index (κ2) is 7.04. The van der Waals surface area contributed by atoms with Crippen molar-refractivity contribution in [1.29, 1.82) is 0 Å². The van der Waals surface area contributed by atoms with E-state index in [0.717, 1.165) is 12.3 Å². The first-order valence-electron chi connectivity index (χ1n) is 7.61. The minimum atomic E-state index is -4.64. The smallest absolute Gasteiger partial charge is 0.383 e. The Morgan fingerprint density at radius 1 is 1.46 bits per heavy atom. The van der Waals surface area contributed by atoms with Crippen LogP contribution in [0.15, 0.2) is 29.8 Å². The van der Waals surface area contributed by atoms with E-state index in [0.29, 0.717) is 9.39 Å². The van der Waals surface area contributed by atoms with Gasteiger partial charge in [-0.05, 0) is 24.4 Å². The second-order valence-electron chi connectivity index (χ2n) is 5.63. The van der Waals surface area contributed by atoms with Gasteiger partial charge in [-0.3, -0.25) is 4.79 Å². The standard InChI is InChI=1S/C16H15F3N4O2S/c1-9(8-25-2)21-15(24)10-7-20-23-13(16(17,18)19)6-11(22-14(10)23)12-4-3-5-26-12/h3-7,9H,8H2,1-2H3,(H,21,24). The first-order chi connectivity index (χ1) is 12.3. The van der Waals surface area contributed by atoms with Gasteiger partial charge in [-0.15, -0.1) is 11.3 Å². The van der Waals surface area contributed by atoms with Crippen molar-refractivity contribution in [2.45, 2.75) is 19.1 Å². The van der Waals surface area contributed by atoms with Crippen LogP contribution in [0.4, 0.5) is 13.2 Å². The van der Waals surface area contributed by atoms with Crippen molar-refractivity contribution >= 4 is 22.9 Å². The first kappa shape index (κ1) is 18.3. The maximum Gasteiger partial charge on any atom is 0.433 e. The number of fused-ring (bicyclic) bond motifs is 1. The Labute approximate surface area is 150 Å². The predicted octanol–water partition coefficient (Wildman–Crippen LogP) is 3.24. The highest BCUT2D eigenvalue weighted by atomic mass is 32.1. The molecule has 26 heavy (non-hydrogen) atoms. The van der Waals surface area contributed by atoms with E-state index < -0.39 is 17.8 Å². The van der Waals surface area contributed by atoms with Gasteiger partial charge in [0.2, 0.25) is 0 Å². The Morgan fingerprint density at radius 2 is 2.23 bits per heavy atom. The molecule has 3 aromatic rings. The molecule has 3 aromatic heterocycles. The molecule has 0 saturated carbocycles. The van der Waals surface area contributed by atoms with Crippen LogP contribution < -0.4 is 5.32 Å². The SMILES string of the molecule is COCC(C)NC(=O)c1cnn2c(C(F)(F)F)cc(-c3cccs3)nc12. The maximum atomic E-state index is 13.5. The molecule has 1 amide bonds. The first-order valence-corrected chi connectivity index (χ1v) is 8.49. The zero-order valence-electron chi connectivity index (χ0n) is 13.9. The fraction of sp³-hybridized carbons (Fsp3) is 0.312. The number of ether oxygens (including phenoxy) is 1. The van der Waals surface area contributed by atoms with Gasteiger partial charge in [0.15, 0.2) is 11.3 Å². The summed E-state index contributed by atoms with van der Waals surface area (Å²) in [5, 5.41) is 8.12. The average molecular weight is 384 g/mol. The van der Waals surface area contributed by atoms with Gasteiger partial charge in [-0.1, -0.05) is 6.07 Å². The minimum absolute atomic E-state index is 0.0307. The van der Waals surface area contributed by atoms with E-state index >= 15 is 0 Å². The minimum Gasteiger partial charge on any atom is -0.383 e. The van der Waals surface area contributed by atoms with Crippen LogP contribution in [0.3, 0.4) is 0 Å². The molecular weight excluding hydrogens is 369 g/mol. The van der Waals surface area contributed by atoms with Crippen LogP contribution in [0, 0.1) is 0 Å². The summed E-state index contributed by atoms with van der Waals surface area (Å²) in [5.41, 5.74) is -1.03. The lowest BCUT2D eigenvalue weighted by molar-refractivity contribution is -0.142. The third kappa shape index (κ3) is 3.56. The van der Waals surface area contributed by atoms with Crippen molar-refractivity contribution in [1.82, 2.24) is 19.9 Å². The summed E-state index contributed by atoms with van der Waals surface area (Å²) < 4.78 is 46.0. The van der Waals surface area contributed by atoms with Crippen LogP contribution in [-0.2, 0) is 10.9 Å². The molecule has 1 unspecified atom stereocenters. The number of nitrogens with zero attached hydrogens (tertiary/aromatic N) is 3. The molecule has 1 N–H and O–H groups in total. The van der Waals surface area contributed by atoms with Gasteiger partial charge in [0.1, 0.15) is 5.56 Å². The number of hydrogen-bond donors (Lipinski definition) is 1.